The minimum Gasteiger partial charge on any atom is -0.339 e. The van der Waals surface area contributed by atoms with E-state index in [1.165, 1.54) is 4.90 Å². The molecule has 0 saturated carbocycles. The van der Waals surface area contributed by atoms with E-state index in [9.17, 15) is 14.4 Å². The van der Waals surface area contributed by atoms with Gasteiger partial charge in [0.15, 0.2) is 0 Å². The van der Waals surface area contributed by atoms with Crippen LogP contribution in [-0.2, 0) is 6.54 Å². The van der Waals surface area contributed by atoms with E-state index in [4.69, 9.17) is 0 Å². The number of carbonyl (C=O) groups is 3. The van der Waals surface area contributed by atoms with Crippen molar-refractivity contribution in [3.8, 4) is 0 Å². The standard InChI is InChI=1S/C23H25N3O3/c1-24(2)18-11-13-25(14-12-18)21(27)17-9-7-16(8-10-17)15-26-22(28)19-5-3-4-6-20(19)23(26)29/h3-10,18H,11-15H2,1-2H3. The molecule has 3 amide bonds. The molecule has 150 valence electrons. The van der Waals surface area contributed by atoms with Crippen molar-refractivity contribution in [1.29, 1.82) is 0 Å². The molecule has 1 fully saturated rings. The Hall–Kier alpha value is -2.99. The van der Waals surface area contributed by atoms with Gasteiger partial charge in [0.2, 0.25) is 0 Å². The molecular weight excluding hydrogens is 366 g/mol. The van der Waals surface area contributed by atoms with Crippen LogP contribution in [0.25, 0.3) is 0 Å². The molecule has 1 saturated heterocycles. The Bertz CT molecular complexity index is 909. The molecule has 2 aromatic carbocycles. The van der Waals surface area contributed by atoms with Crippen molar-refractivity contribution in [2.75, 3.05) is 27.2 Å². The molecule has 0 aromatic heterocycles. The highest BCUT2D eigenvalue weighted by molar-refractivity contribution is 6.21. The number of likely N-dealkylation sites (tertiary alicyclic amines) is 1. The van der Waals surface area contributed by atoms with Crippen LogP contribution in [0, 0.1) is 0 Å². The summed E-state index contributed by atoms with van der Waals surface area (Å²) >= 11 is 0. The summed E-state index contributed by atoms with van der Waals surface area (Å²) in [4.78, 5) is 43.2. The lowest BCUT2D eigenvalue weighted by atomic mass is 10.0. The number of imide groups is 1. The predicted octanol–water partition coefficient (Wildman–Crippen LogP) is 2.65. The molecule has 6 heteroatoms. The van der Waals surface area contributed by atoms with Gasteiger partial charge in [0.05, 0.1) is 17.7 Å². The quantitative estimate of drug-likeness (QED) is 0.752. The SMILES string of the molecule is CN(C)C1CCN(C(=O)c2ccc(CN3C(=O)c4ccccc4C3=O)cc2)CC1. The maximum Gasteiger partial charge on any atom is 0.261 e. The Morgan fingerprint density at radius 1 is 0.931 bits per heavy atom. The minimum absolute atomic E-state index is 0.0366. The van der Waals surface area contributed by atoms with Crippen LogP contribution in [0.2, 0.25) is 0 Å². The molecule has 2 heterocycles. The summed E-state index contributed by atoms with van der Waals surface area (Å²) in [5.41, 5.74) is 2.36. The van der Waals surface area contributed by atoms with Gasteiger partial charge in [-0.25, -0.2) is 0 Å². The highest BCUT2D eigenvalue weighted by Gasteiger charge is 2.35. The first kappa shape index (κ1) is 19.3. The molecular formula is C23H25N3O3. The highest BCUT2D eigenvalue weighted by atomic mass is 16.2. The molecule has 4 rings (SSSR count). The predicted molar refractivity (Wildman–Crippen MR) is 110 cm³/mol. The zero-order chi connectivity index (χ0) is 20.5. The van der Waals surface area contributed by atoms with Crippen molar-refractivity contribution < 1.29 is 14.4 Å². The van der Waals surface area contributed by atoms with Gasteiger partial charge in [-0.1, -0.05) is 24.3 Å². The lowest BCUT2D eigenvalue weighted by Crippen LogP contribution is -2.44. The van der Waals surface area contributed by atoms with E-state index in [0.717, 1.165) is 31.5 Å². The van der Waals surface area contributed by atoms with Gasteiger partial charge in [-0.3, -0.25) is 19.3 Å². The number of benzene rings is 2. The smallest absolute Gasteiger partial charge is 0.261 e. The lowest BCUT2D eigenvalue weighted by molar-refractivity contribution is 0.0636. The summed E-state index contributed by atoms with van der Waals surface area (Å²) in [6.45, 7) is 1.73. The molecule has 0 spiro atoms. The second-order valence-corrected chi connectivity index (χ2v) is 7.93. The average Bonchev–Trinajstić information content (AvgIpc) is 2.99. The van der Waals surface area contributed by atoms with Gasteiger partial charge < -0.3 is 9.80 Å². The maximum atomic E-state index is 12.8. The average molecular weight is 391 g/mol. The molecule has 0 aliphatic carbocycles. The summed E-state index contributed by atoms with van der Waals surface area (Å²) in [7, 11) is 4.16. The van der Waals surface area contributed by atoms with E-state index in [-0.39, 0.29) is 24.3 Å². The van der Waals surface area contributed by atoms with E-state index in [1.54, 1.807) is 36.4 Å². The third kappa shape index (κ3) is 3.68. The number of rotatable bonds is 4. The van der Waals surface area contributed by atoms with Crippen LogP contribution in [0.3, 0.4) is 0 Å². The van der Waals surface area contributed by atoms with Crippen LogP contribution >= 0.6 is 0 Å². The van der Waals surface area contributed by atoms with E-state index in [1.807, 2.05) is 17.0 Å². The number of hydrogen-bond donors (Lipinski definition) is 0. The lowest BCUT2D eigenvalue weighted by Gasteiger charge is -2.35. The molecule has 0 radical (unpaired) electrons. The van der Waals surface area contributed by atoms with E-state index in [0.29, 0.717) is 22.7 Å². The third-order valence-corrected chi connectivity index (χ3v) is 5.90. The van der Waals surface area contributed by atoms with Crippen LogP contribution in [0.4, 0.5) is 0 Å². The second kappa shape index (κ2) is 7.79. The van der Waals surface area contributed by atoms with Crippen molar-refractivity contribution in [3.05, 3.63) is 70.8 Å². The normalized spacial score (nSPS) is 17.2. The number of fused-ring (bicyclic) bond motifs is 1. The fourth-order valence-electron chi connectivity index (χ4n) is 4.09. The summed E-state index contributed by atoms with van der Waals surface area (Å²) in [6, 6.07) is 14.6. The second-order valence-electron chi connectivity index (χ2n) is 7.93. The molecule has 2 aliphatic heterocycles. The molecule has 0 N–H and O–H groups in total. The number of nitrogens with zero attached hydrogens (tertiary/aromatic N) is 3. The van der Waals surface area contributed by atoms with Crippen molar-refractivity contribution in [2.24, 2.45) is 0 Å². The summed E-state index contributed by atoms with van der Waals surface area (Å²) < 4.78 is 0. The van der Waals surface area contributed by atoms with Gasteiger partial charge in [-0.15, -0.1) is 0 Å². The third-order valence-electron chi connectivity index (χ3n) is 5.90. The molecule has 2 aromatic rings. The fraction of sp³-hybridized carbons (Fsp3) is 0.348. The number of piperidine rings is 1. The van der Waals surface area contributed by atoms with Crippen molar-refractivity contribution in [2.45, 2.75) is 25.4 Å². The molecule has 2 aliphatic rings. The van der Waals surface area contributed by atoms with Crippen LogP contribution in [-0.4, -0.2) is 65.6 Å². The maximum absolute atomic E-state index is 12.8. The van der Waals surface area contributed by atoms with E-state index >= 15 is 0 Å². The number of carbonyl (C=O) groups excluding carboxylic acids is 3. The summed E-state index contributed by atoms with van der Waals surface area (Å²) in [6.07, 6.45) is 1.97. The van der Waals surface area contributed by atoms with Gasteiger partial charge >= 0.3 is 0 Å². The molecule has 0 bridgehead atoms. The zero-order valence-corrected chi connectivity index (χ0v) is 16.8. The topological polar surface area (TPSA) is 60.9 Å². The van der Waals surface area contributed by atoms with Gasteiger partial charge in [0.25, 0.3) is 17.7 Å². The zero-order valence-electron chi connectivity index (χ0n) is 16.8. The van der Waals surface area contributed by atoms with Crippen molar-refractivity contribution >= 4 is 17.7 Å². The first-order valence-corrected chi connectivity index (χ1v) is 9.95. The monoisotopic (exact) mass is 391 g/mol. The molecule has 0 unspecified atom stereocenters. The fourth-order valence-corrected chi connectivity index (χ4v) is 4.09. The van der Waals surface area contributed by atoms with Crippen LogP contribution < -0.4 is 0 Å². The first-order valence-electron chi connectivity index (χ1n) is 9.95. The Labute approximate surface area is 170 Å². The van der Waals surface area contributed by atoms with Crippen molar-refractivity contribution in [3.63, 3.8) is 0 Å². The van der Waals surface area contributed by atoms with E-state index in [2.05, 4.69) is 19.0 Å². The van der Waals surface area contributed by atoms with Gasteiger partial charge in [0, 0.05) is 24.7 Å². The largest absolute Gasteiger partial charge is 0.339 e. The Balaban J connectivity index is 1.41. The Morgan fingerprint density at radius 3 is 2.00 bits per heavy atom. The number of amides is 3. The van der Waals surface area contributed by atoms with Gasteiger partial charge in [-0.05, 0) is 56.8 Å². The minimum atomic E-state index is -0.269. The summed E-state index contributed by atoms with van der Waals surface area (Å²) in [5.74, 6) is -0.501. The molecule has 29 heavy (non-hydrogen) atoms. The first-order chi connectivity index (χ1) is 14.0. The Morgan fingerprint density at radius 2 is 1.48 bits per heavy atom. The van der Waals surface area contributed by atoms with E-state index < -0.39 is 0 Å². The number of hydrogen-bond acceptors (Lipinski definition) is 4. The highest BCUT2D eigenvalue weighted by Crippen LogP contribution is 2.24. The molecule has 0 atom stereocenters. The summed E-state index contributed by atoms with van der Waals surface area (Å²) in [5, 5.41) is 0. The van der Waals surface area contributed by atoms with Crippen LogP contribution in [0.15, 0.2) is 48.5 Å². The Kier molecular flexibility index (Phi) is 5.20. The molecule has 6 nitrogen and oxygen atoms in total. The van der Waals surface area contributed by atoms with Gasteiger partial charge in [-0.2, -0.15) is 0 Å². The van der Waals surface area contributed by atoms with Crippen LogP contribution in [0.1, 0.15) is 49.5 Å². The van der Waals surface area contributed by atoms with Crippen molar-refractivity contribution in [1.82, 2.24) is 14.7 Å². The van der Waals surface area contributed by atoms with Gasteiger partial charge in [0.1, 0.15) is 0 Å². The van der Waals surface area contributed by atoms with Crippen LogP contribution in [0.5, 0.6) is 0 Å².